The molecule has 1 fully saturated rings. The molecule has 0 radical (unpaired) electrons. The van der Waals surface area contributed by atoms with Crippen molar-refractivity contribution < 1.29 is 4.74 Å². The molecule has 1 aliphatic heterocycles. The van der Waals surface area contributed by atoms with Crippen molar-refractivity contribution >= 4 is 21.7 Å². The van der Waals surface area contributed by atoms with Crippen LogP contribution in [0.1, 0.15) is 30.9 Å². The molecule has 148 valence electrons. The number of hydrogen-bond acceptors (Lipinski definition) is 3. The number of likely N-dealkylation sites (tertiary alicyclic amines) is 1. The van der Waals surface area contributed by atoms with E-state index in [0.717, 1.165) is 49.3 Å². The molecular formula is C25H27N3O. The Kier molecular flexibility index (Phi) is 5.18. The summed E-state index contributed by atoms with van der Waals surface area (Å²) in [6, 6.07) is 19.0. The number of benzene rings is 2. The number of nitrogens with one attached hydrogen (secondary N) is 1. The van der Waals surface area contributed by atoms with Gasteiger partial charge in [0.15, 0.2) is 0 Å². The predicted molar refractivity (Wildman–Crippen MR) is 119 cm³/mol. The van der Waals surface area contributed by atoms with Crippen molar-refractivity contribution in [1.29, 1.82) is 0 Å². The Hall–Kier alpha value is -2.85. The Morgan fingerprint density at radius 3 is 2.76 bits per heavy atom. The highest BCUT2D eigenvalue weighted by Crippen LogP contribution is 2.29. The Morgan fingerprint density at radius 2 is 1.86 bits per heavy atom. The molecule has 0 amide bonds. The molecule has 0 aliphatic carbocycles. The lowest BCUT2D eigenvalue weighted by Gasteiger charge is -2.31. The fourth-order valence-corrected chi connectivity index (χ4v) is 4.43. The van der Waals surface area contributed by atoms with Crippen LogP contribution >= 0.6 is 0 Å². The highest BCUT2D eigenvalue weighted by Gasteiger charge is 2.21. The van der Waals surface area contributed by atoms with E-state index in [4.69, 9.17) is 9.72 Å². The summed E-state index contributed by atoms with van der Waals surface area (Å²) in [7, 11) is 0. The normalized spacial score (nSPS) is 15.9. The monoisotopic (exact) mass is 385 g/mol. The third-order valence-corrected chi connectivity index (χ3v) is 6.09. The molecular weight excluding hydrogens is 358 g/mol. The van der Waals surface area contributed by atoms with Crippen LogP contribution in [0, 0.1) is 0 Å². The zero-order valence-corrected chi connectivity index (χ0v) is 16.7. The maximum absolute atomic E-state index is 6.04. The summed E-state index contributed by atoms with van der Waals surface area (Å²) in [5, 5.41) is 3.69. The van der Waals surface area contributed by atoms with Gasteiger partial charge in [-0.2, -0.15) is 0 Å². The standard InChI is InChI=1S/C25H27N3O/c1-2-6-21-18-27-24(17-20(21)5-1)19-10-14-28(15-11-19)13-4-16-29-25-8-3-7-23-22(25)9-12-26-23/h1-3,5-9,12,17-19,26H,4,10-11,13-16H2. The largest absolute Gasteiger partial charge is 0.493 e. The number of piperidine rings is 1. The number of rotatable bonds is 6. The van der Waals surface area contributed by atoms with Crippen LogP contribution in [0.25, 0.3) is 21.7 Å². The van der Waals surface area contributed by atoms with Gasteiger partial charge in [-0.15, -0.1) is 0 Å². The van der Waals surface area contributed by atoms with Crippen molar-refractivity contribution in [3.63, 3.8) is 0 Å². The Morgan fingerprint density at radius 1 is 1.00 bits per heavy atom. The summed E-state index contributed by atoms with van der Waals surface area (Å²) in [5.41, 5.74) is 2.39. The van der Waals surface area contributed by atoms with Gasteiger partial charge in [0, 0.05) is 46.8 Å². The molecule has 4 heteroatoms. The molecule has 2 aromatic heterocycles. The summed E-state index contributed by atoms with van der Waals surface area (Å²) in [5.74, 6) is 1.56. The highest BCUT2D eigenvalue weighted by molar-refractivity contribution is 5.85. The molecule has 1 aliphatic rings. The van der Waals surface area contributed by atoms with Crippen molar-refractivity contribution in [2.45, 2.75) is 25.2 Å². The molecule has 0 spiro atoms. The second-order valence-electron chi connectivity index (χ2n) is 7.97. The molecule has 2 aromatic carbocycles. The van der Waals surface area contributed by atoms with Crippen molar-refractivity contribution in [3.05, 3.63) is 72.7 Å². The van der Waals surface area contributed by atoms with Gasteiger partial charge in [-0.05, 0) is 62.0 Å². The van der Waals surface area contributed by atoms with Gasteiger partial charge in [-0.1, -0.05) is 30.3 Å². The summed E-state index contributed by atoms with van der Waals surface area (Å²) in [6.07, 6.45) is 7.43. The smallest absolute Gasteiger partial charge is 0.128 e. The highest BCUT2D eigenvalue weighted by atomic mass is 16.5. The van der Waals surface area contributed by atoms with Crippen molar-refractivity contribution in [2.24, 2.45) is 0 Å². The van der Waals surface area contributed by atoms with Crippen LogP contribution < -0.4 is 4.74 Å². The quantitative estimate of drug-likeness (QED) is 0.454. The minimum absolute atomic E-state index is 0.582. The van der Waals surface area contributed by atoms with Gasteiger partial charge in [0.2, 0.25) is 0 Å². The lowest BCUT2D eigenvalue weighted by Crippen LogP contribution is -2.34. The molecule has 5 rings (SSSR count). The van der Waals surface area contributed by atoms with Gasteiger partial charge in [-0.3, -0.25) is 4.98 Å². The first-order chi connectivity index (χ1) is 14.4. The number of H-pyrrole nitrogens is 1. The van der Waals surface area contributed by atoms with Crippen LogP contribution in [0.2, 0.25) is 0 Å². The first-order valence-electron chi connectivity index (χ1n) is 10.6. The second-order valence-corrected chi connectivity index (χ2v) is 7.97. The van der Waals surface area contributed by atoms with Crippen LogP contribution in [0.5, 0.6) is 5.75 Å². The van der Waals surface area contributed by atoms with Gasteiger partial charge < -0.3 is 14.6 Å². The molecule has 0 atom stereocenters. The summed E-state index contributed by atoms with van der Waals surface area (Å²) in [4.78, 5) is 10.5. The van der Waals surface area contributed by atoms with E-state index in [1.165, 1.54) is 29.3 Å². The Bertz CT molecular complexity index is 1100. The Labute approximate surface area is 171 Å². The average Bonchev–Trinajstić information content (AvgIpc) is 3.26. The number of pyridine rings is 1. The fourth-order valence-electron chi connectivity index (χ4n) is 4.43. The van der Waals surface area contributed by atoms with Gasteiger partial charge in [0.25, 0.3) is 0 Å². The number of fused-ring (bicyclic) bond motifs is 2. The van der Waals surface area contributed by atoms with Crippen LogP contribution in [-0.4, -0.2) is 41.1 Å². The molecule has 1 N–H and O–H groups in total. The molecule has 4 aromatic rings. The number of hydrogen-bond donors (Lipinski definition) is 1. The van der Waals surface area contributed by atoms with E-state index in [0.29, 0.717) is 5.92 Å². The number of nitrogens with zero attached hydrogens (tertiary/aromatic N) is 2. The third-order valence-electron chi connectivity index (χ3n) is 6.09. The molecule has 3 heterocycles. The molecule has 1 saturated heterocycles. The van der Waals surface area contributed by atoms with E-state index in [1.54, 1.807) is 0 Å². The van der Waals surface area contributed by atoms with E-state index < -0.39 is 0 Å². The zero-order valence-electron chi connectivity index (χ0n) is 16.7. The molecule has 0 unspecified atom stereocenters. The SMILES string of the molecule is c1ccc2cc(C3CCN(CCCOc4cccc5[nH]ccc45)CC3)ncc2c1. The summed E-state index contributed by atoms with van der Waals surface area (Å²) >= 11 is 0. The summed E-state index contributed by atoms with van der Waals surface area (Å²) in [6.45, 7) is 4.15. The van der Waals surface area contributed by atoms with E-state index in [9.17, 15) is 0 Å². The van der Waals surface area contributed by atoms with E-state index in [2.05, 4.69) is 58.4 Å². The molecule has 4 nitrogen and oxygen atoms in total. The lowest BCUT2D eigenvalue weighted by atomic mass is 9.92. The van der Waals surface area contributed by atoms with Crippen LogP contribution in [-0.2, 0) is 0 Å². The molecule has 0 bridgehead atoms. The minimum Gasteiger partial charge on any atom is -0.493 e. The van der Waals surface area contributed by atoms with Gasteiger partial charge >= 0.3 is 0 Å². The minimum atomic E-state index is 0.582. The van der Waals surface area contributed by atoms with Crippen LogP contribution in [0.3, 0.4) is 0 Å². The van der Waals surface area contributed by atoms with E-state index in [1.807, 2.05) is 18.5 Å². The zero-order chi connectivity index (χ0) is 19.5. The third kappa shape index (κ3) is 3.99. The Balaban J connectivity index is 1.10. The van der Waals surface area contributed by atoms with Crippen molar-refractivity contribution in [1.82, 2.24) is 14.9 Å². The fraction of sp³-hybridized carbons (Fsp3) is 0.320. The van der Waals surface area contributed by atoms with E-state index >= 15 is 0 Å². The first-order valence-corrected chi connectivity index (χ1v) is 10.6. The van der Waals surface area contributed by atoms with Crippen molar-refractivity contribution in [2.75, 3.05) is 26.2 Å². The molecule has 29 heavy (non-hydrogen) atoms. The maximum atomic E-state index is 6.04. The molecule has 0 saturated carbocycles. The van der Waals surface area contributed by atoms with Gasteiger partial charge in [0.1, 0.15) is 5.75 Å². The topological polar surface area (TPSA) is 41.1 Å². The number of aromatic amines is 1. The number of ether oxygens (including phenoxy) is 1. The summed E-state index contributed by atoms with van der Waals surface area (Å²) < 4.78 is 6.04. The average molecular weight is 386 g/mol. The van der Waals surface area contributed by atoms with Crippen LogP contribution in [0.4, 0.5) is 0 Å². The van der Waals surface area contributed by atoms with Crippen LogP contribution in [0.15, 0.2) is 67.0 Å². The van der Waals surface area contributed by atoms with Crippen molar-refractivity contribution in [3.8, 4) is 5.75 Å². The van der Waals surface area contributed by atoms with E-state index in [-0.39, 0.29) is 0 Å². The van der Waals surface area contributed by atoms with Gasteiger partial charge in [-0.25, -0.2) is 0 Å². The first kappa shape index (κ1) is 18.2. The number of aromatic nitrogens is 2. The lowest BCUT2D eigenvalue weighted by molar-refractivity contribution is 0.192. The maximum Gasteiger partial charge on any atom is 0.128 e. The second kappa shape index (κ2) is 8.26. The van der Waals surface area contributed by atoms with Gasteiger partial charge in [0.05, 0.1) is 6.61 Å². The predicted octanol–water partition coefficient (Wildman–Crippen LogP) is 5.36.